The molecule has 0 spiro atoms. The molecule has 0 radical (unpaired) electrons. The average Bonchev–Trinajstić information content (AvgIpc) is 2.80. The van der Waals surface area contributed by atoms with E-state index in [1.54, 1.807) is 36.4 Å². The van der Waals surface area contributed by atoms with Gasteiger partial charge in [0.05, 0.1) is 12.4 Å². The van der Waals surface area contributed by atoms with Crippen LogP contribution in [0.25, 0.3) is 0 Å². The molecule has 0 unspecified atom stereocenters. The summed E-state index contributed by atoms with van der Waals surface area (Å²) < 4.78 is 5.34. The van der Waals surface area contributed by atoms with Gasteiger partial charge < -0.3 is 21.1 Å². The Hall–Kier alpha value is -3.50. The molecule has 0 aliphatic carbocycles. The van der Waals surface area contributed by atoms with Crippen molar-refractivity contribution in [2.45, 2.75) is 18.6 Å². The molecule has 11 heteroatoms. The summed E-state index contributed by atoms with van der Waals surface area (Å²) in [5, 5.41) is 5.93. The number of rotatable bonds is 9. The van der Waals surface area contributed by atoms with E-state index in [0.29, 0.717) is 22.9 Å². The molecule has 0 saturated carbocycles. The van der Waals surface area contributed by atoms with Gasteiger partial charge in [-0.2, -0.15) is 0 Å². The lowest BCUT2D eigenvalue weighted by Gasteiger charge is -2.09. The number of H-pyrrole nitrogens is 1. The lowest BCUT2D eigenvalue weighted by atomic mass is 10.2. The summed E-state index contributed by atoms with van der Waals surface area (Å²) >= 11 is 7.08. The van der Waals surface area contributed by atoms with Crippen LogP contribution in [0.15, 0.2) is 58.5 Å². The van der Waals surface area contributed by atoms with Crippen LogP contribution in [0, 0.1) is 0 Å². The van der Waals surface area contributed by atoms with E-state index in [2.05, 4.69) is 20.6 Å². The molecule has 3 aromatic rings. The van der Waals surface area contributed by atoms with Crippen molar-refractivity contribution in [2.75, 3.05) is 23.4 Å². The number of ether oxygens (including phenoxy) is 1. The number of carbonyl (C=O) groups is 2. The first-order valence-corrected chi connectivity index (χ1v) is 11.3. The van der Waals surface area contributed by atoms with E-state index in [0.717, 1.165) is 17.3 Å². The zero-order valence-electron chi connectivity index (χ0n) is 17.7. The number of carbonyl (C=O) groups excluding carboxylic acids is 2. The fourth-order valence-electron chi connectivity index (χ4n) is 2.73. The van der Waals surface area contributed by atoms with Crippen molar-refractivity contribution in [1.29, 1.82) is 0 Å². The molecule has 0 fully saturated rings. The van der Waals surface area contributed by atoms with Crippen LogP contribution in [0.5, 0.6) is 5.75 Å². The van der Waals surface area contributed by atoms with Gasteiger partial charge in [0, 0.05) is 17.1 Å². The van der Waals surface area contributed by atoms with Crippen molar-refractivity contribution >= 4 is 46.7 Å². The smallest absolute Gasteiger partial charge is 0.277 e. The third-order valence-corrected chi connectivity index (χ3v) is 5.61. The highest BCUT2D eigenvalue weighted by Crippen LogP contribution is 2.19. The molecule has 0 aliphatic heterocycles. The van der Waals surface area contributed by atoms with E-state index in [4.69, 9.17) is 22.1 Å². The number of nitrogens with one attached hydrogen (secondary N) is 3. The Morgan fingerprint density at radius 1 is 1.18 bits per heavy atom. The molecule has 5 N–H and O–H groups in total. The van der Waals surface area contributed by atoms with E-state index in [9.17, 15) is 14.4 Å². The zero-order chi connectivity index (χ0) is 23.8. The molecule has 0 aliphatic rings. The highest BCUT2D eigenvalue weighted by atomic mass is 35.5. The highest BCUT2D eigenvalue weighted by Gasteiger charge is 2.15. The molecule has 33 heavy (non-hydrogen) atoms. The number of anilines is 2. The van der Waals surface area contributed by atoms with E-state index in [-0.39, 0.29) is 34.9 Å². The maximum atomic E-state index is 12.4. The van der Waals surface area contributed by atoms with Gasteiger partial charge >= 0.3 is 0 Å². The van der Waals surface area contributed by atoms with E-state index >= 15 is 0 Å². The minimum atomic E-state index is -0.624. The summed E-state index contributed by atoms with van der Waals surface area (Å²) in [6.07, 6.45) is 0. The van der Waals surface area contributed by atoms with Gasteiger partial charge in [-0.3, -0.25) is 19.4 Å². The molecule has 3 rings (SSSR count). The zero-order valence-corrected chi connectivity index (χ0v) is 19.3. The predicted octanol–water partition coefficient (Wildman–Crippen LogP) is 3.07. The van der Waals surface area contributed by atoms with Crippen LogP contribution in [0.1, 0.15) is 22.8 Å². The minimum absolute atomic E-state index is 0.00468. The van der Waals surface area contributed by atoms with Gasteiger partial charge in [-0.25, -0.2) is 4.98 Å². The van der Waals surface area contributed by atoms with Crippen LogP contribution in [0.2, 0.25) is 5.02 Å². The number of thioether (sulfide) groups is 1. The molecule has 9 nitrogen and oxygen atoms in total. The number of nitrogens with two attached hydrogens (primary N) is 1. The number of halogens is 1. The third kappa shape index (κ3) is 6.74. The maximum Gasteiger partial charge on any atom is 0.277 e. The van der Waals surface area contributed by atoms with Crippen LogP contribution >= 0.6 is 23.4 Å². The molecule has 2 amide bonds. The Balaban J connectivity index is 1.58. The fourth-order valence-corrected chi connectivity index (χ4v) is 3.63. The predicted molar refractivity (Wildman–Crippen MR) is 129 cm³/mol. The standard InChI is InChI=1S/C22H22ClN5O4S/c1-2-32-15-9-7-13(8-10-15)20(30)26-18-19(24)27-22(28-21(18)31)33-12-17(29)25-11-14-5-3-4-6-16(14)23/h3-10H,2,11-12H2,1H3,(H,25,29)(H,26,30)(H3,24,27,28,31). The molecular weight excluding hydrogens is 466 g/mol. The first kappa shape index (κ1) is 24.1. The number of aromatic nitrogens is 2. The Morgan fingerprint density at radius 3 is 2.58 bits per heavy atom. The number of hydrogen-bond acceptors (Lipinski definition) is 7. The Bertz CT molecular complexity index is 1200. The van der Waals surface area contributed by atoms with Gasteiger partial charge in [0.2, 0.25) is 5.91 Å². The molecule has 2 aromatic carbocycles. The summed E-state index contributed by atoms with van der Waals surface area (Å²) in [7, 11) is 0. The van der Waals surface area contributed by atoms with Gasteiger partial charge in [-0.1, -0.05) is 41.6 Å². The second kappa shape index (κ2) is 11.4. The van der Waals surface area contributed by atoms with Crippen molar-refractivity contribution in [3.63, 3.8) is 0 Å². The fraction of sp³-hybridized carbons (Fsp3) is 0.182. The van der Waals surface area contributed by atoms with Crippen LogP contribution in [-0.2, 0) is 11.3 Å². The van der Waals surface area contributed by atoms with E-state index in [1.807, 2.05) is 19.1 Å². The Kier molecular flexibility index (Phi) is 8.34. The van der Waals surface area contributed by atoms with Crippen LogP contribution in [0.3, 0.4) is 0 Å². The van der Waals surface area contributed by atoms with Gasteiger partial charge in [0.15, 0.2) is 11.0 Å². The van der Waals surface area contributed by atoms with E-state index in [1.165, 1.54) is 0 Å². The normalized spacial score (nSPS) is 10.5. The van der Waals surface area contributed by atoms with Crippen molar-refractivity contribution in [2.24, 2.45) is 0 Å². The van der Waals surface area contributed by atoms with Crippen LogP contribution < -0.4 is 26.7 Å². The van der Waals surface area contributed by atoms with Crippen molar-refractivity contribution < 1.29 is 14.3 Å². The largest absolute Gasteiger partial charge is 0.494 e. The SMILES string of the molecule is CCOc1ccc(C(=O)Nc2c(N)nc(SCC(=O)NCc3ccccc3Cl)[nH]c2=O)cc1. The van der Waals surface area contributed by atoms with Gasteiger partial charge in [-0.15, -0.1) is 0 Å². The topological polar surface area (TPSA) is 139 Å². The molecule has 0 saturated heterocycles. The van der Waals surface area contributed by atoms with Crippen molar-refractivity contribution in [3.05, 3.63) is 75.0 Å². The molecular formula is C22H22ClN5O4S. The number of benzene rings is 2. The van der Waals surface area contributed by atoms with Gasteiger partial charge in [-0.05, 0) is 42.8 Å². The maximum absolute atomic E-state index is 12.4. The summed E-state index contributed by atoms with van der Waals surface area (Å²) in [4.78, 5) is 43.6. The molecule has 1 heterocycles. The third-order valence-electron chi connectivity index (χ3n) is 4.37. The number of nitrogens with zero attached hydrogens (tertiary/aromatic N) is 1. The monoisotopic (exact) mass is 487 g/mol. The number of nitrogen functional groups attached to an aromatic ring is 1. The van der Waals surface area contributed by atoms with Crippen molar-refractivity contribution in [1.82, 2.24) is 15.3 Å². The number of aromatic amines is 1. The molecule has 0 bridgehead atoms. The number of hydrogen-bond donors (Lipinski definition) is 4. The Labute approximate surface area is 199 Å². The average molecular weight is 488 g/mol. The van der Waals surface area contributed by atoms with Crippen LogP contribution in [-0.4, -0.2) is 34.1 Å². The van der Waals surface area contributed by atoms with Crippen molar-refractivity contribution in [3.8, 4) is 5.75 Å². The summed E-state index contributed by atoms with van der Waals surface area (Å²) in [6.45, 7) is 2.65. The van der Waals surface area contributed by atoms with Crippen LogP contribution in [0.4, 0.5) is 11.5 Å². The molecule has 172 valence electrons. The first-order chi connectivity index (χ1) is 15.9. The van der Waals surface area contributed by atoms with Gasteiger partial charge in [0.25, 0.3) is 11.5 Å². The van der Waals surface area contributed by atoms with Gasteiger partial charge in [0.1, 0.15) is 11.4 Å². The number of amides is 2. The lowest BCUT2D eigenvalue weighted by Crippen LogP contribution is -2.25. The quantitative estimate of drug-likeness (QED) is 0.268. The second-order valence-electron chi connectivity index (χ2n) is 6.70. The van der Waals surface area contributed by atoms with E-state index < -0.39 is 11.5 Å². The molecule has 1 aromatic heterocycles. The summed E-state index contributed by atoms with van der Waals surface area (Å²) in [5.74, 6) is -0.308. The summed E-state index contributed by atoms with van der Waals surface area (Å²) in [5.41, 5.74) is 6.20. The first-order valence-electron chi connectivity index (χ1n) is 9.94. The minimum Gasteiger partial charge on any atom is -0.494 e. The second-order valence-corrected chi connectivity index (χ2v) is 8.07. The summed E-state index contributed by atoms with van der Waals surface area (Å²) in [6, 6.07) is 13.6. The highest BCUT2D eigenvalue weighted by molar-refractivity contribution is 7.99. The Morgan fingerprint density at radius 2 is 1.91 bits per heavy atom. The lowest BCUT2D eigenvalue weighted by molar-refractivity contribution is -0.118. The molecule has 0 atom stereocenters.